The van der Waals surface area contributed by atoms with Crippen molar-refractivity contribution in [1.29, 1.82) is 0 Å². The predicted octanol–water partition coefficient (Wildman–Crippen LogP) is 1.53. The third-order valence-electron chi connectivity index (χ3n) is 2.58. The molecule has 0 saturated carbocycles. The van der Waals surface area contributed by atoms with Crippen LogP contribution in [0.5, 0.6) is 0 Å². The van der Waals surface area contributed by atoms with Crippen LogP contribution in [0.1, 0.15) is 10.4 Å². The highest BCUT2D eigenvalue weighted by atomic mass is 32.2. The normalized spacial score (nSPS) is 12.3. The Bertz CT molecular complexity index is 791. The summed E-state index contributed by atoms with van der Waals surface area (Å²) in [5.74, 6) is -1.16. The van der Waals surface area contributed by atoms with Gasteiger partial charge >= 0.3 is 11.2 Å². The number of carbonyl (C=O) groups excluding carboxylic acids is 1. The van der Waals surface area contributed by atoms with Crippen LogP contribution < -0.4 is 0 Å². The van der Waals surface area contributed by atoms with E-state index in [9.17, 15) is 26.5 Å². The number of hydrogen-bond acceptors (Lipinski definition) is 6. The minimum Gasteiger partial charge on any atom is -0.743 e. The molecule has 112 valence electrons. The summed E-state index contributed by atoms with van der Waals surface area (Å²) in [5.41, 5.74) is 0.524. The van der Waals surface area contributed by atoms with Crippen LogP contribution in [0.4, 0.5) is 8.78 Å². The second-order valence-corrected chi connectivity index (χ2v) is 5.58. The van der Waals surface area contributed by atoms with Crippen LogP contribution in [0.3, 0.4) is 0 Å². The lowest BCUT2D eigenvalue weighted by Gasteiger charge is -2.19. The van der Waals surface area contributed by atoms with Gasteiger partial charge in [0, 0.05) is 11.6 Å². The van der Waals surface area contributed by atoms with Crippen molar-refractivity contribution >= 4 is 27.0 Å². The molecule has 2 aromatic rings. The van der Waals surface area contributed by atoms with E-state index >= 15 is 0 Å². The molecule has 0 spiro atoms. The number of fused-ring (bicyclic) bond motifs is 1. The number of pyridine rings is 1. The largest absolute Gasteiger partial charge is 0.743 e. The van der Waals surface area contributed by atoms with Gasteiger partial charge in [0.25, 0.3) is 0 Å². The van der Waals surface area contributed by atoms with Gasteiger partial charge in [-0.2, -0.15) is 8.78 Å². The molecule has 0 bridgehead atoms. The molecule has 0 atom stereocenters. The van der Waals surface area contributed by atoms with E-state index in [4.69, 9.17) is 0 Å². The van der Waals surface area contributed by atoms with E-state index in [1.54, 1.807) is 18.3 Å². The summed E-state index contributed by atoms with van der Waals surface area (Å²) < 4.78 is 60.7. The number of benzene rings is 1. The maximum absolute atomic E-state index is 12.9. The Morgan fingerprint density at radius 1 is 1.33 bits per heavy atom. The fourth-order valence-electron chi connectivity index (χ4n) is 1.51. The van der Waals surface area contributed by atoms with Gasteiger partial charge in [-0.05, 0) is 24.3 Å². The zero-order valence-electron chi connectivity index (χ0n) is 10.3. The Morgan fingerprint density at radius 3 is 2.71 bits per heavy atom. The van der Waals surface area contributed by atoms with Crippen LogP contribution in [0, 0.1) is 0 Å². The summed E-state index contributed by atoms with van der Waals surface area (Å²) >= 11 is 0. The number of rotatable bonds is 4. The van der Waals surface area contributed by atoms with E-state index in [1.165, 1.54) is 18.2 Å². The second kappa shape index (κ2) is 5.34. The van der Waals surface area contributed by atoms with Gasteiger partial charge in [-0.1, -0.05) is 6.07 Å². The number of halogens is 2. The van der Waals surface area contributed by atoms with Gasteiger partial charge in [-0.3, -0.25) is 4.98 Å². The van der Waals surface area contributed by atoms with Crippen molar-refractivity contribution in [2.45, 2.75) is 5.25 Å². The number of esters is 1. The van der Waals surface area contributed by atoms with E-state index < -0.39 is 27.9 Å². The van der Waals surface area contributed by atoms with E-state index in [2.05, 4.69) is 9.72 Å². The third kappa shape index (κ3) is 3.31. The quantitative estimate of drug-likeness (QED) is 0.627. The SMILES string of the molecule is O=C(OCC(F)(F)S(=O)(=O)[O-])c1ccc2ncccc2c1. The molecule has 0 saturated heterocycles. The Kier molecular flexibility index (Phi) is 3.88. The van der Waals surface area contributed by atoms with Crippen molar-refractivity contribution in [1.82, 2.24) is 4.98 Å². The molecule has 0 aliphatic carbocycles. The summed E-state index contributed by atoms with van der Waals surface area (Å²) in [7, 11) is -5.89. The molecule has 0 amide bonds. The molecule has 1 heterocycles. The molecular weight excluding hydrogens is 308 g/mol. The minimum atomic E-state index is -5.89. The molecule has 2 rings (SSSR count). The molecule has 21 heavy (non-hydrogen) atoms. The number of ether oxygens (including phenoxy) is 1. The summed E-state index contributed by atoms with van der Waals surface area (Å²) in [6, 6.07) is 7.40. The van der Waals surface area contributed by atoms with Crippen LogP contribution in [0.25, 0.3) is 10.9 Å². The van der Waals surface area contributed by atoms with Gasteiger partial charge in [-0.15, -0.1) is 0 Å². The third-order valence-corrected chi connectivity index (χ3v) is 3.43. The molecule has 1 aromatic carbocycles. The zero-order chi connectivity index (χ0) is 15.7. The maximum Gasteiger partial charge on any atom is 0.367 e. The minimum absolute atomic E-state index is 0.0606. The molecule has 0 radical (unpaired) electrons. The molecule has 0 N–H and O–H groups in total. The first-order chi connectivity index (χ1) is 9.71. The van der Waals surface area contributed by atoms with Crippen molar-refractivity contribution in [3.8, 4) is 0 Å². The van der Waals surface area contributed by atoms with Gasteiger partial charge in [0.2, 0.25) is 0 Å². The van der Waals surface area contributed by atoms with Gasteiger partial charge < -0.3 is 9.29 Å². The number of carbonyl (C=O) groups is 1. The van der Waals surface area contributed by atoms with Crippen LogP contribution in [-0.4, -0.2) is 35.8 Å². The number of nitrogens with zero attached hydrogens (tertiary/aromatic N) is 1. The first kappa shape index (κ1) is 15.3. The highest BCUT2D eigenvalue weighted by Gasteiger charge is 2.39. The standard InChI is InChI=1S/C12H9F2NO5S/c13-12(14,21(17,18)19)7-20-11(16)9-3-4-10-8(6-9)2-1-5-15-10/h1-6H,7H2,(H,17,18,19)/p-1. The van der Waals surface area contributed by atoms with Gasteiger partial charge in [0.05, 0.1) is 11.1 Å². The van der Waals surface area contributed by atoms with Crippen molar-refractivity contribution in [3.63, 3.8) is 0 Å². The lowest BCUT2D eigenvalue weighted by atomic mass is 10.1. The van der Waals surface area contributed by atoms with Crippen LogP contribution >= 0.6 is 0 Å². The van der Waals surface area contributed by atoms with E-state index in [1.807, 2.05) is 0 Å². The Morgan fingerprint density at radius 2 is 2.05 bits per heavy atom. The molecular formula is C12H8F2NO5S-. The summed E-state index contributed by atoms with van der Waals surface area (Å²) in [5, 5.41) is -4.09. The van der Waals surface area contributed by atoms with Crippen molar-refractivity contribution in [2.24, 2.45) is 0 Å². The maximum atomic E-state index is 12.9. The Balaban J connectivity index is 2.16. The summed E-state index contributed by atoms with van der Waals surface area (Å²) in [6.45, 7) is -1.83. The van der Waals surface area contributed by atoms with E-state index in [-0.39, 0.29) is 5.56 Å². The summed E-state index contributed by atoms with van der Waals surface area (Å²) in [6.07, 6.45) is 1.54. The smallest absolute Gasteiger partial charge is 0.367 e. The molecule has 9 heteroatoms. The van der Waals surface area contributed by atoms with Gasteiger partial charge in [0.15, 0.2) is 16.7 Å². The number of aromatic nitrogens is 1. The van der Waals surface area contributed by atoms with Crippen molar-refractivity contribution in [2.75, 3.05) is 6.61 Å². The lowest BCUT2D eigenvalue weighted by Crippen LogP contribution is -2.34. The van der Waals surface area contributed by atoms with Crippen molar-refractivity contribution < 1.29 is 31.3 Å². The van der Waals surface area contributed by atoms with Crippen molar-refractivity contribution in [3.05, 3.63) is 42.1 Å². The average Bonchev–Trinajstić information content (AvgIpc) is 2.43. The van der Waals surface area contributed by atoms with E-state index in [0.29, 0.717) is 10.9 Å². The predicted molar refractivity (Wildman–Crippen MR) is 66.7 cm³/mol. The fourth-order valence-corrected chi connectivity index (χ4v) is 1.71. The van der Waals surface area contributed by atoms with Crippen LogP contribution in [0.15, 0.2) is 36.5 Å². The van der Waals surface area contributed by atoms with E-state index in [0.717, 1.165) is 0 Å². The molecule has 6 nitrogen and oxygen atoms in total. The monoisotopic (exact) mass is 316 g/mol. The zero-order valence-corrected chi connectivity index (χ0v) is 11.1. The number of hydrogen-bond donors (Lipinski definition) is 0. The van der Waals surface area contributed by atoms with Gasteiger partial charge in [-0.25, -0.2) is 13.2 Å². The van der Waals surface area contributed by atoms with Crippen LogP contribution in [0.2, 0.25) is 0 Å². The highest BCUT2D eigenvalue weighted by Crippen LogP contribution is 2.21. The second-order valence-electron chi connectivity index (χ2n) is 4.08. The molecule has 0 aliphatic heterocycles. The molecule has 1 aromatic heterocycles. The number of alkyl halides is 2. The fraction of sp³-hybridized carbons (Fsp3) is 0.167. The van der Waals surface area contributed by atoms with Gasteiger partial charge in [0.1, 0.15) is 0 Å². The van der Waals surface area contributed by atoms with Crippen LogP contribution in [-0.2, 0) is 14.9 Å². The topological polar surface area (TPSA) is 96.4 Å². The molecule has 0 aliphatic rings. The first-order valence-electron chi connectivity index (χ1n) is 5.56. The first-order valence-corrected chi connectivity index (χ1v) is 6.97. The Labute approximate surface area is 118 Å². The molecule has 0 fully saturated rings. The lowest BCUT2D eigenvalue weighted by molar-refractivity contribution is -0.00995. The Hall–Kier alpha value is -2.13. The summed E-state index contributed by atoms with van der Waals surface area (Å²) in [4.78, 5) is 15.6. The highest BCUT2D eigenvalue weighted by molar-refractivity contribution is 7.86. The molecule has 0 unspecified atom stereocenters. The average molecular weight is 316 g/mol.